The highest BCUT2D eigenvalue weighted by Gasteiger charge is 2.22. The average Bonchev–Trinajstić information content (AvgIpc) is 3.21. The zero-order chi connectivity index (χ0) is 19.3. The summed E-state index contributed by atoms with van der Waals surface area (Å²) in [6.07, 6.45) is 4.63. The molecule has 6 nitrogen and oxygen atoms in total. The van der Waals surface area contributed by atoms with Crippen molar-refractivity contribution in [1.82, 2.24) is 10.6 Å². The van der Waals surface area contributed by atoms with Crippen molar-refractivity contribution in [2.45, 2.75) is 50.0 Å². The second-order valence-electron chi connectivity index (χ2n) is 7.62. The Hall–Kier alpha value is -1.02. The topological polar surface area (TPSA) is 78.5 Å². The lowest BCUT2D eigenvalue weighted by atomic mass is 10.0. The number of carbonyl (C=O) groups excluding carboxylic acids is 1. The van der Waals surface area contributed by atoms with Crippen molar-refractivity contribution in [3.63, 3.8) is 0 Å². The van der Waals surface area contributed by atoms with E-state index in [9.17, 15) is 13.2 Å². The molecular weight excluding hydrogens is 433 g/mol. The molecule has 2 fully saturated rings. The van der Waals surface area contributed by atoms with Crippen molar-refractivity contribution in [2.75, 3.05) is 36.8 Å². The Labute approximate surface area is 186 Å². The normalized spacial score (nSPS) is 19.9. The molecule has 0 aliphatic carbocycles. The van der Waals surface area contributed by atoms with E-state index in [0.717, 1.165) is 51.1 Å². The molecule has 1 amide bonds. The first-order chi connectivity index (χ1) is 13.0. The fraction of sp³-hybridized carbons (Fsp3) is 0.650. The summed E-state index contributed by atoms with van der Waals surface area (Å²) in [6, 6.07) is 7.41. The zero-order valence-corrected chi connectivity index (χ0v) is 19.4. The Balaban J connectivity index is 0.00000210. The number of benzene rings is 1. The molecule has 0 aromatic heterocycles. The van der Waals surface area contributed by atoms with Crippen LogP contribution in [0, 0.1) is 5.92 Å². The van der Waals surface area contributed by atoms with Crippen LogP contribution in [-0.2, 0) is 14.6 Å². The van der Waals surface area contributed by atoms with Crippen molar-refractivity contribution in [3.05, 3.63) is 24.3 Å². The van der Waals surface area contributed by atoms with Crippen LogP contribution in [0.2, 0.25) is 0 Å². The number of anilines is 1. The molecule has 1 atom stereocenters. The number of hydrogen-bond acceptors (Lipinski definition) is 5. The summed E-state index contributed by atoms with van der Waals surface area (Å²) in [7, 11) is -3.15. The molecule has 1 aromatic rings. The van der Waals surface area contributed by atoms with Crippen LogP contribution in [0.15, 0.2) is 29.2 Å². The highest BCUT2D eigenvalue weighted by Crippen LogP contribution is 2.23. The van der Waals surface area contributed by atoms with Gasteiger partial charge in [0.15, 0.2) is 9.84 Å². The Kier molecular flexibility index (Phi) is 10.8. The Morgan fingerprint density at radius 2 is 1.79 bits per heavy atom. The van der Waals surface area contributed by atoms with Crippen molar-refractivity contribution in [2.24, 2.45) is 5.92 Å². The van der Waals surface area contributed by atoms with E-state index < -0.39 is 9.84 Å². The van der Waals surface area contributed by atoms with Crippen molar-refractivity contribution in [3.8, 4) is 0 Å². The number of nitrogens with one attached hydrogen (secondary N) is 2. The smallest absolute Gasteiger partial charge is 0.220 e. The van der Waals surface area contributed by atoms with E-state index in [-0.39, 0.29) is 42.5 Å². The van der Waals surface area contributed by atoms with Gasteiger partial charge in [-0.1, -0.05) is 6.92 Å². The third-order valence-electron chi connectivity index (χ3n) is 5.74. The molecule has 29 heavy (non-hydrogen) atoms. The summed E-state index contributed by atoms with van der Waals surface area (Å²) >= 11 is 0. The van der Waals surface area contributed by atoms with E-state index in [4.69, 9.17) is 0 Å². The Morgan fingerprint density at radius 3 is 2.34 bits per heavy atom. The molecular formula is C20H33Cl2N3O3S. The SMILES string of the molecule is CCS(=O)(=O)c1ccc(N2CCC(NC(=O)CCC3CCNC3)CC2)cc1.Cl.Cl. The molecule has 0 spiro atoms. The Bertz CT molecular complexity index is 730. The fourth-order valence-electron chi connectivity index (χ4n) is 3.91. The van der Waals surface area contributed by atoms with Crippen LogP contribution >= 0.6 is 24.8 Å². The number of nitrogens with zero attached hydrogens (tertiary/aromatic N) is 1. The molecule has 0 radical (unpaired) electrons. The van der Waals surface area contributed by atoms with Crippen LogP contribution in [0.25, 0.3) is 0 Å². The fourth-order valence-corrected chi connectivity index (χ4v) is 4.79. The van der Waals surface area contributed by atoms with Gasteiger partial charge < -0.3 is 15.5 Å². The molecule has 2 saturated heterocycles. The summed E-state index contributed by atoms with van der Waals surface area (Å²) in [6.45, 7) is 5.53. The van der Waals surface area contributed by atoms with E-state index in [2.05, 4.69) is 15.5 Å². The van der Waals surface area contributed by atoms with E-state index in [1.54, 1.807) is 19.1 Å². The van der Waals surface area contributed by atoms with Crippen LogP contribution in [0.5, 0.6) is 0 Å². The molecule has 2 heterocycles. The maximum atomic E-state index is 12.2. The third-order valence-corrected chi connectivity index (χ3v) is 7.49. The second kappa shape index (κ2) is 12.0. The highest BCUT2D eigenvalue weighted by molar-refractivity contribution is 7.91. The molecule has 2 aliphatic rings. The van der Waals surface area contributed by atoms with Gasteiger partial charge in [-0.25, -0.2) is 8.42 Å². The number of carbonyl (C=O) groups is 1. The van der Waals surface area contributed by atoms with Crippen LogP contribution in [0.1, 0.15) is 39.0 Å². The van der Waals surface area contributed by atoms with E-state index in [1.807, 2.05) is 12.1 Å². The minimum Gasteiger partial charge on any atom is -0.371 e. The summed E-state index contributed by atoms with van der Waals surface area (Å²) in [5, 5.41) is 6.53. The molecule has 166 valence electrons. The maximum Gasteiger partial charge on any atom is 0.220 e. The van der Waals surface area contributed by atoms with Crippen LogP contribution in [0.3, 0.4) is 0 Å². The van der Waals surface area contributed by atoms with Crippen molar-refractivity contribution < 1.29 is 13.2 Å². The zero-order valence-electron chi connectivity index (χ0n) is 16.9. The first-order valence-corrected chi connectivity index (χ1v) is 11.7. The highest BCUT2D eigenvalue weighted by atomic mass is 35.5. The Morgan fingerprint density at radius 1 is 1.14 bits per heavy atom. The second-order valence-corrected chi connectivity index (χ2v) is 9.90. The van der Waals surface area contributed by atoms with Gasteiger partial charge in [0.05, 0.1) is 10.6 Å². The lowest BCUT2D eigenvalue weighted by molar-refractivity contribution is -0.122. The number of amides is 1. The number of halogens is 2. The molecule has 9 heteroatoms. The predicted octanol–water partition coefficient (Wildman–Crippen LogP) is 2.80. The summed E-state index contributed by atoms with van der Waals surface area (Å²) in [4.78, 5) is 14.8. The summed E-state index contributed by atoms with van der Waals surface area (Å²) in [5.41, 5.74) is 1.04. The first-order valence-electron chi connectivity index (χ1n) is 10.1. The van der Waals surface area contributed by atoms with Crippen molar-refractivity contribution in [1.29, 1.82) is 0 Å². The lowest BCUT2D eigenvalue weighted by Gasteiger charge is -2.34. The van der Waals surface area contributed by atoms with Gasteiger partial charge in [0.2, 0.25) is 5.91 Å². The standard InChI is InChI=1S/C20H31N3O3S.2ClH/c1-2-27(25,26)19-6-4-18(5-7-19)23-13-10-17(11-14-23)22-20(24)8-3-16-9-12-21-15-16;;/h4-7,16-17,21H,2-3,8-15H2,1H3,(H,22,24);2*1H. The molecule has 0 bridgehead atoms. The third kappa shape index (κ3) is 7.31. The van der Waals surface area contributed by atoms with Crippen LogP contribution in [0.4, 0.5) is 5.69 Å². The molecule has 3 rings (SSSR count). The summed E-state index contributed by atoms with van der Waals surface area (Å²) < 4.78 is 23.8. The monoisotopic (exact) mass is 465 g/mol. The molecule has 0 saturated carbocycles. The van der Waals surface area contributed by atoms with Gasteiger partial charge in [0.25, 0.3) is 0 Å². The number of hydrogen-bond donors (Lipinski definition) is 2. The lowest BCUT2D eigenvalue weighted by Crippen LogP contribution is -2.44. The largest absolute Gasteiger partial charge is 0.371 e. The number of sulfone groups is 1. The molecule has 1 unspecified atom stereocenters. The predicted molar refractivity (Wildman–Crippen MR) is 122 cm³/mol. The van der Waals surface area contributed by atoms with Gasteiger partial charge in [-0.15, -0.1) is 24.8 Å². The van der Waals surface area contributed by atoms with E-state index in [0.29, 0.717) is 17.2 Å². The van der Waals surface area contributed by atoms with Gasteiger partial charge in [-0.2, -0.15) is 0 Å². The van der Waals surface area contributed by atoms with E-state index in [1.165, 1.54) is 6.42 Å². The number of piperidine rings is 1. The quantitative estimate of drug-likeness (QED) is 0.646. The van der Waals surface area contributed by atoms with Gasteiger partial charge in [0, 0.05) is 31.2 Å². The van der Waals surface area contributed by atoms with Gasteiger partial charge in [0.1, 0.15) is 0 Å². The van der Waals surface area contributed by atoms with Crippen LogP contribution in [-0.4, -0.2) is 52.3 Å². The number of rotatable bonds is 7. The minimum atomic E-state index is -3.15. The molecule has 2 aliphatic heterocycles. The van der Waals surface area contributed by atoms with Crippen LogP contribution < -0.4 is 15.5 Å². The molecule has 1 aromatic carbocycles. The van der Waals surface area contributed by atoms with Gasteiger partial charge >= 0.3 is 0 Å². The first kappa shape index (κ1) is 26.0. The van der Waals surface area contributed by atoms with Gasteiger partial charge in [-0.3, -0.25) is 4.79 Å². The molecule has 2 N–H and O–H groups in total. The van der Waals surface area contributed by atoms with Gasteiger partial charge in [-0.05, 0) is 69.0 Å². The van der Waals surface area contributed by atoms with E-state index >= 15 is 0 Å². The summed E-state index contributed by atoms with van der Waals surface area (Å²) in [5.74, 6) is 0.945. The van der Waals surface area contributed by atoms with Crippen molar-refractivity contribution >= 4 is 46.2 Å². The maximum absolute atomic E-state index is 12.2. The average molecular weight is 466 g/mol. The minimum absolute atomic E-state index is 0.